The van der Waals surface area contributed by atoms with Crippen LogP contribution in [0.25, 0.3) is 0 Å². The summed E-state index contributed by atoms with van der Waals surface area (Å²) in [5.74, 6) is -3.05. The predicted octanol–water partition coefficient (Wildman–Crippen LogP) is 4.09. The summed E-state index contributed by atoms with van der Waals surface area (Å²) in [6, 6.07) is -4.79. The maximum atomic E-state index is 14.3. The number of carboxylic acids is 1. The number of amides is 6. The number of rotatable bonds is 13. The van der Waals surface area contributed by atoms with E-state index in [1.807, 2.05) is 27.7 Å². The van der Waals surface area contributed by atoms with Crippen molar-refractivity contribution in [3.05, 3.63) is 0 Å². The first-order valence-corrected chi connectivity index (χ1v) is 19.2. The highest BCUT2D eigenvalue weighted by molar-refractivity contribution is 5.98. The van der Waals surface area contributed by atoms with Gasteiger partial charge in [0.2, 0.25) is 23.6 Å². The van der Waals surface area contributed by atoms with Gasteiger partial charge in [0, 0.05) is 25.2 Å². The van der Waals surface area contributed by atoms with Crippen molar-refractivity contribution in [2.45, 2.75) is 163 Å². The minimum atomic E-state index is -1.55. The van der Waals surface area contributed by atoms with Gasteiger partial charge in [0.1, 0.15) is 18.1 Å². The summed E-state index contributed by atoms with van der Waals surface area (Å²) >= 11 is 0. The number of nitrogens with zero attached hydrogens (tertiary/aromatic N) is 1. The van der Waals surface area contributed by atoms with E-state index in [1.54, 1.807) is 25.7 Å². The largest absolute Gasteiger partial charge is 0.481 e. The lowest BCUT2D eigenvalue weighted by Crippen LogP contribution is -2.64. The maximum Gasteiger partial charge on any atom is 0.315 e. The average molecular weight is 719 g/mol. The number of hydrogen-bond acceptors (Lipinski definition) is 6. The third-order valence-electron chi connectivity index (χ3n) is 11.5. The number of carbonyl (C=O) groups is 6. The molecule has 0 bridgehead atoms. The SMILES string of the molecule is CCC(NC(=O)C(NC(=O)C(CC(=O)N1CCCC1)NC(=O)C(NC(=O)NC1C(C)CCCC1C)C(C)(C)C)C1(C(=O)O)CCCC1)C(C)(C)C. The van der Waals surface area contributed by atoms with Crippen LogP contribution in [-0.4, -0.2) is 88.9 Å². The number of carbonyl (C=O) groups excluding carboxylic acids is 5. The fourth-order valence-corrected chi connectivity index (χ4v) is 8.22. The summed E-state index contributed by atoms with van der Waals surface area (Å²) in [6.45, 7) is 18.5. The van der Waals surface area contributed by atoms with E-state index in [0.29, 0.717) is 32.4 Å². The normalized spacial score (nSPS) is 24.4. The number of nitrogens with one attached hydrogen (secondary N) is 5. The smallest absolute Gasteiger partial charge is 0.315 e. The van der Waals surface area contributed by atoms with Crippen molar-refractivity contribution in [3.8, 4) is 0 Å². The van der Waals surface area contributed by atoms with Crippen molar-refractivity contribution < 1.29 is 33.9 Å². The van der Waals surface area contributed by atoms with Gasteiger partial charge in [0.15, 0.2) is 0 Å². The molecular weight excluding hydrogens is 652 g/mol. The van der Waals surface area contributed by atoms with Crippen molar-refractivity contribution in [1.82, 2.24) is 31.5 Å². The third-order valence-corrected chi connectivity index (χ3v) is 11.5. The molecule has 0 aromatic carbocycles. The standard InChI is InChI=1S/C38H66N6O7/c1-10-26(36(4,5)6)40-33(48)30(38(34(49)50)18-11-12-19-38)42-31(46)25(22-27(45)44-20-13-14-21-44)39-32(47)29(37(7,8)9)43-35(51)41-28-23(2)16-15-17-24(28)3/h23-26,28-30H,10-22H2,1-9H3,(H,39,47)(H,40,48)(H,42,46)(H,49,50)(H2,41,43,51). The summed E-state index contributed by atoms with van der Waals surface area (Å²) in [6.07, 6.45) is 6.50. The lowest BCUT2D eigenvalue weighted by Gasteiger charge is -2.38. The molecule has 6 N–H and O–H groups in total. The first kappa shape index (κ1) is 42.0. The molecular formula is C38H66N6O7. The zero-order chi connectivity index (χ0) is 38.3. The highest BCUT2D eigenvalue weighted by atomic mass is 16.4. The second-order valence-corrected chi connectivity index (χ2v) is 17.6. The van der Waals surface area contributed by atoms with E-state index < -0.39 is 58.7 Å². The Morgan fingerprint density at radius 3 is 1.80 bits per heavy atom. The Morgan fingerprint density at radius 2 is 1.31 bits per heavy atom. The molecule has 13 heteroatoms. The van der Waals surface area contributed by atoms with Gasteiger partial charge in [0.05, 0.1) is 11.8 Å². The summed E-state index contributed by atoms with van der Waals surface area (Å²) in [4.78, 5) is 83.7. The van der Waals surface area contributed by atoms with Gasteiger partial charge >= 0.3 is 12.0 Å². The molecule has 0 aromatic heterocycles. The van der Waals surface area contributed by atoms with Gasteiger partial charge < -0.3 is 36.6 Å². The van der Waals surface area contributed by atoms with Crippen LogP contribution in [0.5, 0.6) is 0 Å². The monoisotopic (exact) mass is 718 g/mol. The summed E-state index contributed by atoms with van der Waals surface area (Å²) in [5, 5.41) is 24.9. The molecule has 1 heterocycles. The number of urea groups is 1. The lowest BCUT2D eigenvalue weighted by atomic mass is 9.77. The van der Waals surface area contributed by atoms with Crippen LogP contribution in [0.1, 0.15) is 133 Å². The lowest BCUT2D eigenvalue weighted by molar-refractivity contribution is -0.155. The molecule has 3 aliphatic rings. The highest BCUT2D eigenvalue weighted by Crippen LogP contribution is 2.42. The molecule has 0 spiro atoms. The molecule has 51 heavy (non-hydrogen) atoms. The van der Waals surface area contributed by atoms with E-state index in [2.05, 4.69) is 40.4 Å². The van der Waals surface area contributed by atoms with Crippen molar-refractivity contribution >= 4 is 35.6 Å². The number of likely N-dealkylation sites (tertiary alicyclic amines) is 1. The zero-order valence-corrected chi connectivity index (χ0v) is 32.6. The Bertz CT molecular complexity index is 1250. The van der Waals surface area contributed by atoms with Crippen LogP contribution in [-0.2, 0) is 24.0 Å². The van der Waals surface area contributed by atoms with Crippen LogP contribution in [0.15, 0.2) is 0 Å². The van der Waals surface area contributed by atoms with E-state index in [0.717, 1.165) is 32.1 Å². The molecule has 1 aliphatic heterocycles. The van der Waals surface area contributed by atoms with Crippen molar-refractivity contribution in [3.63, 3.8) is 0 Å². The molecule has 2 saturated carbocycles. The molecule has 290 valence electrons. The topological polar surface area (TPSA) is 186 Å². The van der Waals surface area contributed by atoms with Crippen LogP contribution in [0.4, 0.5) is 4.79 Å². The Hall–Kier alpha value is -3.38. The van der Waals surface area contributed by atoms with Gasteiger partial charge in [-0.3, -0.25) is 24.0 Å². The molecule has 13 nitrogen and oxygen atoms in total. The minimum Gasteiger partial charge on any atom is -0.481 e. The van der Waals surface area contributed by atoms with Crippen LogP contribution < -0.4 is 26.6 Å². The van der Waals surface area contributed by atoms with Gasteiger partial charge in [-0.2, -0.15) is 0 Å². The fraction of sp³-hybridized carbons (Fsp3) is 0.842. The van der Waals surface area contributed by atoms with Gasteiger partial charge in [-0.05, 0) is 67.6 Å². The Labute approximate surface area is 304 Å². The molecule has 6 atom stereocenters. The van der Waals surface area contributed by atoms with E-state index in [1.165, 1.54) is 0 Å². The van der Waals surface area contributed by atoms with E-state index in [9.17, 15) is 33.9 Å². The van der Waals surface area contributed by atoms with Crippen molar-refractivity contribution in [1.29, 1.82) is 0 Å². The number of carboxylic acid groups (broad SMARTS) is 1. The highest BCUT2D eigenvalue weighted by Gasteiger charge is 2.53. The van der Waals surface area contributed by atoms with Crippen molar-refractivity contribution in [2.75, 3.05) is 13.1 Å². The van der Waals surface area contributed by atoms with Gasteiger partial charge in [-0.25, -0.2) is 4.79 Å². The summed E-state index contributed by atoms with van der Waals surface area (Å²) in [7, 11) is 0. The van der Waals surface area contributed by atoms with Crippen molar-refractivity contribution in [2.24, 2.45) is 28.1 Å². The van der Waals surface area contributed by atoms with Gasteiger partial charge in [-0.1, -0.05) is 81.6 Å². The third kappa shape index (κ3) is 10.8. The zero-order valence-electron chi connectivity index (χ0n) is 32.6. The molecule has 0 aromatic rings. The maximum absolute atomic E-state index is 14.3. The predicted molar refractivity (Wildman–Crippen MR) is 195 cm³/mol. The van der Waals surface area contributed by atoms with E-state index in [-0.39, 0.29) is 54.5 Å². The van der Waals surface area contributed by atoms with E-state index >= 15 is 0 Å². The summed E-state index contributed by atoms with van der Waals surface area (Å²) < 4.78 is 0. The second kappa shape index (κ2) is 17.4. The number of aliphatic carboxylic acids is 1. The first-order chi connectivity index (χ1) is 23.7. The summed E-state index contributed by atoms with van der Waals surface area (Å²) in [5.41, 5.74) is -2.67. The molecule has 3 rings (SSSR count). The Kier molecular flexibility index (Phi) is 14.4. The van der Waals surface area contributed by atoms with E-state index in [4.69, 9.17) is 0 Å². The molecule has 2 aliphatic carbocycles. The van der Waals surface area contributed by atoms with Crippen LogP contribution >= 0.6 is 0 Å². The quantitative estimate of drug-likeness (QED) is 0.166. The molecule has 3 fully saturated rings. The second-order valence-electron chi connectivity index (χ2n) is 17.6. The van der Waals surface area contributed by atoms with Gasteiger partial charge in [0.25, 0.3) is 0 Å². The number of hydrogen-bond donors (Lipinski definition) is 6. The fourth-order valence-electron chi connectivity index (χ4n) is 8.22. The van der Waals surface area contributed by atoms with Crippen LogP contribution in [0.2, 0.25) is 0 Å². The molecule has 0 radical (unpaired) electrons. The van der Waals surface area contributed by atoms with Gasteiger partial charge in [-0.15, -0.1) is 0 Å². The Balaban J connectivity index is 1.92. The van der Waals surface area contributed by atoms with Crippen LogP contribution in [0, 0.1) is 28.1 Å². The molecule has 1 saturated heterocycles. The molecule has 6 unspecified atom stereocenters. The average Bonchev–Trinajstić information content (AvgIpc) is 3.75. The minimum absolute atomic E-state index is 0.0511. The molecule has 6 amide bonds. The first-order valence-electron chi connectivity index (χ1n) is 19.2. The Morgan fingerprint density at radius 1 is 0.745 bits per heavy atom. The van der Waals surface area contributed by atoms with Crippen LogP contribution in [0.3, 0.4) is 0 Å².